The highest BCUT2D eigenvalue weighted by atomic mass is 32.1. The SMILES string of the molecule is O=C([C@@H]1[C@@H]2COc3ccccc3C2=NN1c1nc2ccccc2s1)C(F)(F)F. The Bertz CT molecular complexity index is 1090. The van der Waals surface area contributed by atoms with Gasteiger partial charge in [-0.15, -0.1) is 0 Å². The number of hydrazone groups is 1. The Hall–Kier alpha value is -2.94. The lowest BCUT2D eigenvalue weighted by Crippen LogP contribution is -2.49. The largest absolute Gasteiger partial charge is 0.492 e. The van der Waals surface area contributed by atoms with Gasteiger partial charge in [-0.05, 0) is 24.3 Å². The second-order valence-corrected chi connectivity index (χ2v) is 7.52. The summed E-state index contributed by atoms with van der Waals surface area (Å²) in [5.74, 6) is -2.13. The Morgan fingerprint density at radius 3 is 2.68 bits per heavy atom. The van der Waals surface area contributed by atoms with Crippen LogP contribution in [0, 0.1) is 5.92 Å². The number of fused-ring (bicyclic) bond motifs is 4. The molecule has 3 heterocycles. The molecule has 0 spiro atoms. The van der Waals surface area contributed by atoms with E-state index < -0.39 is 23.9 Å². The number of halogens is 3. The summed E-state index contributed by atoms with van der Waals surface area (Å²) < 4.78 is 46.5. The van der Waals surface area contributed by atoms with Crippen LogP contribution in [0.15, 0.2) is 53.6 Å². The molecule has 0 saturated carbocycles. The van der Waals surface area contributed by atoms with E-state index in [4.69, 9.17) is 4.74 Å². The van der Waals surface area contributed by atoms with Crippen molar-refractivity contribution in [3.05, 3.63) is 54.1 Å². The lowest BCUT2D eigenvalue weighted by molar-refractivity contribution is -0.173. The first-order chi connectivity index (χ1) is 13.4. The normalized spacial score (nSPS) is 21.1. The fourth-order valence-electron chi connectivity index (χ4n) is 3.56. The van der Waals surface area contributed by atoms with Gasteiger partial charge < -0.3 is 4.74 Å². The van der Waals surface area contributed by atoms with Crippen molar-refractivity contribution in [2.75, 3.05) is 11.6 Å². The van der Waals surface area contributed by atoms with Crippen molar-refractivity contribution < 1.29 is 22.7 Å². The quantitative estimate of drug-likeness (QED) is 0.648. The number of thiazole rings is 1. The van der Waals surface area contributed by atoms with Gasteiger partial charge in [0.05, 0.1) is 28.5 Å². The van der Waals surface area contributed by atoms with E-state index in [-0.39, 0.29) is 11.7 Å². The summed E-state index contributed by atoms with van der Waals surface area (Å²) in [6.07, 6.45) is -4.98. The molecule has 5 nitrogen and oxygen atoms in total. The third-order valence-electron chi connectivity index (χ3n) is 4.82. The molecule has 0 N–H and O–H groups in total. The fraction of sp³-hybridized carbons (Fsp3) is 0.211. The van der Waals surface area contributed by atoms with Crippen LogP contribution in [0.3, 0.4) is 0 Å². The van der Waals surface area contributed by atoms with E-state index in [0.717, 1.165) is 9.71 Å². The predicted molar refractivity (Wildman–Crippen MR) is 98.9 cm³/mol. The van der Waals surface area contributed by atoms with E-state index in [1.54, 1.807) is 36.4 Å². The van der Waals surface area contributed by atoms with Crippen molar-refractivity contribution in [3.63, 3.8) is 0 Å². The third kappa shape index (κ3) is 2.57. The van der Waals surface area contributed by atoms with Crippen molar-refractivity contribution in [2.24, 2.45) is 11.0 Å². The molecule has 3 aromatic rings. The number of carbonyl (C=O) groups excluding carboxylic acids is 1. The summed E-state index contributed by atoms with van der Waals surface area (Å²) in [5, 5.41) is 5.80. The highest BCUT2D eigenvalue weighted by Crippen LogP contribution is 2.41. The molecule has 0 unspecified atom stereocenters. The molecule has 142 valence electrons. The van der Waals surface area contributed by atoms with Crippen molar-refractivity contribution in [1.82, 2.24) is 4.98 Å². The molecule has 0 fully saturated rings. The van der Waals surface area contributed by atoms with Crippen LogP contribution in [0.25, 0.3) is 10.2 Å². The van der Waals surface area contributed by atoms with Crippen LogP contribution in [-0.2, 0) is 4.79 Å². The minimum atomic E-state index is -4.98. The monoisotopic (exact) mass is 403 g/mol. The summed E-state index contributed by atoms with van der Waals surface area (Å²) in [5.41, 5.74) is 1.67. The maximum atomic E-state index is 13.4. The van der Waals surface area contributed by atoms with Crippen LogP contribution in [0.4, 0.5) is 18.3 Å². The molecular weight excluding hydrogens is 391 g/mol. The molecule has 0 radical (unpaired) electrons. The Kier molecular flexibility index (Phi) is 3.70. The number of rotatable bonds is 2. The molecule has 2 aliphatic heterocycles. The number of Topliss-reactive ketones (excluding diaryl/α,β-unsaturated/α-hetero) is 1. The molecule has 2 aromatic carbocycles. The van der Waals surface area contributed by atoms with Gasteiger partial charge in [0, 0.05) is 5.56 Å². The molecule has 0 amide bonds. The topological polar surface area (TPSA) is 54.8 Å². The van der Waals surface area contributed by atoms with E-state index in [1.807, 2.05) is 12.1 Å². The minimum Gasteiger partial charge on any atom is -0.492 e. The van der Waals surface area contributed by atoms with Crippen LogP contribution < -0.4 is 9.75 Å². The molecule has 2 aliphatic rings. The first-order valence-corrected chi connectivity index (χ1v) is 9.31. The first-order valence-electron chi connectivity index (χ1n) is 8.50. The average molecular weight is 403 g/mol. The number of ether oxygens (including phenoxy) is 1. The molecule has 28 heavy (non-hydrogen) atoms. The third-order valence-corrected chi connectivity index (χ3v) is 5.85. The number of carbonyl (C=O) groups is 1. The van der Waals surface area contributed by atoms with Crippen LogP contribution >= 0.6 is 11.3 Å². The van der Waals surface area contributed by atoms with E-state index >= 15 is 0 Å². The highest BCUT2D eigenvalue weighted by Gasteiger charge is 2.55. The second-order valence-electron chi connectivity index (χ2n) is 6.51. The van der Waals surface area contributed by atoms with Gasteiger partial charge in [-0.2, -0.15) is 18.3 Å². The van der Waals surface area contributed by atoms with Gasteiger partial charge in [-0.25, -0.2) is 9.99 Å². The van der Waals surface area contributed by atoms with E-state index in [2.05, 4.69) is 10.1 Å². The number of alkyl halides is 3. The Balaban J connectivity index is 1.66. The highest BCUT2D eigenvalue weighted by molar-refractivity contribution is 7.22. The zero-order valence-corrected chi connectivity index (χ0v) is 15.0. The van der Waals surface area contributed by atoms with Gasteiger partial charge in [-0.3, -0.25) is 4.79 Å². The molecule has 0 aliphatic carbocycles. The number of aromatic nitrogens is 1. The summed E-state index contributed by atoms with van der Waals surface area (Å²) in [6.45, 7) is -0.0519. The van der Waals surface area contributed by atoms with Crippen molar-refractivity contribution in [2.45, 2.75) is 12.2 Å². The predicted octanol–water partition coefficient (Wildman–Crippen LogP) is 4.03. The summed E-state index contributed by atoms with van der Waals surface area (Å²) in [4.78, 5) is 16.7. The van der Waals surface area contributed by atoms with E-state index in [1.165, 1.54) is 11.3 Å². The van der Waals surface area contributed by atoms with Gasteiger partial charge in [0.1, 0.15) is 11.8 Å². The van der Waals surface area contributed by atoms with Gasteiger partial charge in [0.25, 0.3) is 5.78 Å². The van der Waals surface area contributed by atoms with Crippen molar-refractivity contribution >= 4 is 38.2 Å². The van der Waals surface area contributed by atoms with E-state index in [0.29, 0.717) is 22.5 Å². The van der Waals surface area contributed by atoms with Gasteiger partial charge in [-0.1, -0.05) is 35.6 Å². The number of para-hydroxylation sites is 2. The lowest BCUT2D eigenvalue weighted by Gasteiger charge is -2.28. The van der Waals surface area contributed by atoms with Crippen molar-refractivity contribution in [3.8, 4) is 5.75 Å². The Labute approximate surface area is 161 Å². The molecule has 1 aromatic heterocycles. The zero-order chi connectivity index (χ0) is 19.5. The van der Waals surface area contributed by atoms with Crippen LogP contribution in [0.5, 0.6) is 5.75 Å². The molecule has 9 heteroatoms. The maximum absolute atomic E-state index is 13.4. The lowest BCUT2D eigenvalue weighted by atomic mass is 9.87. The minimum absolute atomic E-state index is 0.0519. The standard InChI is InChI=1S/C19H12F3N3O2S/c20-19(21,22)17(26)16-11-9-27-13-7-3-1-5-10(13)15(11)24-25(16)18-23-12-6-2-4-8-14(12)28-18/h1-8,11,16H,9H2/t11-,16+/m1/s1. The summed E-state index contributed by atoms with van der Waals surface area (Å²) in [7, 11) is 0. The zero-order valence-electron chi connectivity index (χ0n) is 14.2. The van der Waals surface area contributed by atoms with Gasteiger partial charge in [0.2, 0.25) is 5.13 Å². The first kappa shape index (κ1) is 17.2. The molecule has 0 saturated heterocycles. The Morgan fingerprint density at radius 1 is 1.14 bits per heavy atom. The molecular formula is C19H12F3N3O2S. The molecule has 0 bridgehead atoms. The number of nitrogens with zero attached hydrogens (tertiary/aromatic N) is 3. The molecule has 2 atom stereocenters. The molecule has 5 rings (SSSR count). The van der Waals surface area contributed by atoms with Crippen LogP contribution in [-0.4, -0.2) is 35.3 Å². The van der Waals surface area contributed by atoms with Gasteiger partial charge >= 0.3 is 6.18 Å². The maximum Gasteiger partial charge on any atom is 0.452 e. The Morgan fingerprint density at radius 2 is 1.89 bits per heavy atom. The number of anilines is 1. The van der Waals surface area contributed by atoms with Gasteiger partial charge in [0.15, 0.2) is 0 Å². The second kappa shape index (κ2) is 6.03. The van der Waals surface area contributed by atoms with Crippen LogP contribution in [0.2, 0.25) is 0 Å². The summed E-state index contributed by atoms with van der Waals surface area (Å²) in [6, 6.07) is 12.7. The number of hydrogen-bond acceptors (Lipinski definition) is 6. The van der Waals surface area contributed by atoms with Crippen molar-refractivity contribution in [1.29, 1.82) is 0 Å². The number of hydrogen-bond donors (Lipinski definition) is 0. The summed E-state index contributed by atoms with van der Waals surface area (Å²) >= 11 is 1.20. The van der Waals surface area contributed by atoms with E-state index in [9.17, 15) is 18.0 Å². The number of benzene rings is 2. The fourth-order valence-corrected chi connectivity index (χ4v) is 4.51. The number of ketones is 1. The smallest absolute Gasteiger partial charge is 0.452 e. The van der Waals surface area contributed by atoms with Crippen LogP contribution in [0.1, 0.15) is 5.56 Å². The average Bonchev–Trinajstić information content (AvgIpc) is 3.27.